The first-order valence-corrected chi connectivity index (χ1v) is 11.6. The zero-order valence-electron chi connectivity index (χ0n) is 19.6. The lowest BCUT2D eigenvalue weighted by atomic mass is 10.1. The number of ether oxygens (including phenoxy) is 2. The van der Waals surface area contributed by atoms with E-state index in [-0.39, 0.29) is 12.7 Å². The van der Waals surface area contributed by atoms with Crippen molar-refractivity contribution >= 4 is 39.6 Å². The van der Waals surface area contributed by atoms with Crippen LogP contribution in [0.3, 0.4) is 0 Å². The lowest BCUT2D eigenvalue weighted by Gasteiger charge is -2.34. The van der Waals surface area contributed by atoms with Crippen molar-refractivity contribution in [2.75, 3.05) is 25.5 Å². The van der Waals surface area contributed by atoms with Crippen LogP contribution >= 0.6 is 11.6 Å². The second-order valence-electron chi connectivity index (χ2n) is 8.24. The molecule has 8 heteroatoms. The predicted octanol–water partition coefficient (Wildman–Crippen LogP) is 6.23. The summed E-state index contributed by atoms with van der Waals surface area (Å²) >= 11 is 6.14. The van der Waals surface area contributed by atoms with E-state index in [1.54, 1.807) is 31.4 Å². The van der Waals surface area contributed by atoms with E-state index in [4.69, 9.17) is 27.6 Å². The number of anilines is 2. The Morgan fingerprint density at radius 1 is 1.31 bits per heavy atom. The molecule has 1 aliphatic rings. The Kier molecular flexibility index (Phi) is 7.45. The molecule has 1 fully saturated rings. The number of aliphatic hydroxyl groups excluding tert-OH is 1. The Morgan fingerprint density at radius 3 is 2.74 bits per heavy atom. The molecule has 0 radical (unpaired) electrons. The lowest BCUT2D eigenvalue weighted by molar-refractivity contribution is 0.116. The third-order valence-corrected chi connectivity index (χ3v) is 6.49. The lowest BCUT2D eigenvalue weighted by Crippen LogP contribution is -2.37. The molecule has 0 bridgehead atoms. The number of methoxy groups -OCH3 is 1. The molecule has 0 spiro atoms. The van der Waals surface area contributed by atoms with Crippen LogP contribution in [0.25, 0.3) is 15.7 Å². The number of benzene rings is 2. The van der Waals surface area contributed by atoms with Crippen LogP contribution in [0.2, 0.25) is 5.02 Å². The molecule has 1 saturated heterocycles. The molecule has 7 nitrogen and oxygen atoms in total. The third kappa shape index (κ3) is 5.19. The van der Waals surface area contributed by atoms with Gasteiger partial charge in [0.1, 0.15) is 6.10 Å². The molecule has 2 N–H and O–H groups in total. The fourth-order valence-corrected chi connectivity index (χ4v) is 4.32. The molecular weight excluding hydrogens is 464 g/mol. The summed E-state index contributed by atoms with van der Waals surface area (Å²) in [5.41, 5.74) is 3.84. The summed E-state index contributed by atoms with van der Waals surface area (Å²) < 4.78 is 12.0. The minimum absolute atomic E-state index is 0.0204. The highest BCUT2D eigenvalue weighted by Crippen LogP contribution is 2.41. The zero-order valence-corrected chi connectivity index (χ0v) is 20.3. The van der Waals surface area contributed by atoms with Gasteiger partial charge < -0.3 is 24.8 Å². The summed E-state index contributed by atoms with van der Waals surface area (Å²) in [6.45, 7) is 17.0. The molecular formula is C27H27ClN4O3. The molecule has 1 aliphatic heterocycles. The van der Waals surface area contributed by atoms with Gasteiger partial charge in [0.25, 0.3) is 0 Å². The van der Waals surface area contributed by atoms with Gasteiger partial charge in [0.05, 0.1) is 31.5 Å². The number of aromatic nitrogens is 1. The van der Waals surface area contributed by atoms with Gasteiger partial charge in [0.2, 0.25) is 5.69 Å². The quantitative estimate of drug-likeness (QED) is 0.288. The Balaban J connectivity index is 1.69. The number of fused-ring (bicyclic) bond motifs is 1. The molecule has 3 aromatic rings. The van der Waals surface area contributed by atoms with Crippen molar-refractivity contribution < 1.29 is 14.6 Å². The van der Waals surface area contributed by atoms with Gasteiger partial charge in [-0.2, -0.15) is 0 Å². The molecule has 0 amide bonds. The molecule has 180 valence electrons. The van der Waals surface area contributed by atoms with E-state index in [2.05, 4.69) is 33.2 Å². The summed E-state index contributed by atoms with van der Waals surface area (Å²) in [6, 6.07) is 8.96. The van der Waals surface area contributed by atoms with Crippen LogP contribution in [-0.4, -0.2) is 41.3 Å². The number of halogens is 1. The van der Waals surface area contributed by atoms with Gasteiger partial charge in [-0.1, -0.05) is 24.8 Å². The fraction of sp³-hybridized carbons (Fsp3) is 0.259. The molecule has 0 unspecified atom stereocenters. The highest BCUT2D eigenvalue weighted by Gasteiger charge is 2.23. The van der Waals surface area contributed by atoms with Crippen molar-refractivity contribution in [1.29, 1.82) is 0 Å². The van der Waals surface area contributed by atoms with Crippen molar-refractivity contribution in [1.82, 2.24) is 9.88 Å². The average Bonchev–Trinajstić information content (AvgIpc) is 2.89. The number of nitrogens with one attached hydrogen (secondary N) is 1. The van der Waals surface area contributed by atoms with E-state index in [0.29, 0.717) is 44.7 Å². The van der Waals surface area contributed by atoms with E-state index < -0.39 is 0 Å². The normalized spacial score (nSPS) is 13.8. The summed E-state index contributed by atoms with van der Waals surface area (Å²) in [5.74, 6) is 1.18. The standard InChI is InChI=1S/C27H27ClN4O3/c1-5-17(2)32-10-8-20(9-11-32)35-26-13-21-23(14-25(26)34-4)30-15-24(29-3)27(21)31-19-6-7-22(28)18(12-19)16-33/h5-7,12-15,20,33H,1-2,8-11,16H2,4H3,(H,30,31). The van der Waals surface area contributed by atoms with Gasteiger partial charge >= 0.3 is 0 Å². The number of aliphatic hydroxyl groups is 1. The van der Waals surface area contributed by atoms with Crippen molar-refractivity contribution in [3.8, 4) is 11.5 Å². The Morgan fingerprint density at radius 2 is 2.09 bits per heavy atom. The van der Waals surface area contributed by atoms with Crippen LogP contribution in [0, 0.1) is 6.57 Å². The molecule has 0 saturated carbocycles. The average molecular weight is 491 g/mol. The van der Waals surface area contributed by atoms with Crippen LogP contribution in [0.4, 0.5) is 17.1 Å². The van der Waals surface area contributed by atoms with Crippen molar-refractivity contribution in [2.45, 2.75) is 25.6 Å². The first kappa shape index (κ1) is 24.4. The third-order valence-electron chi connectivity index (χ3n) is 6.12. The van der Waals surface area contributed by atoms with E-state index >= 15 is 0 Å². The summed E-state index contributed by atoms with van der Waals surface area (Å²) in [6.07, 6.45) is 5.01. The maximum Gasteiger partial charge on any atom is 0.228 e. The number of likely N-dealkylation sites (tertiary alicyclic amines) is 1. The Bertz CT molecular complexity index is 1310. The second-order valence-corrected chi connectivity index (χ2v) is 8.65. The zero-order chi connectivity index (χ0) is 24.9. The van der Waals surface area contributed by atoms with E-state index in [1.807, 2.05) is 12.1 Å². The van der Waals surface area contributed by atoms with Crippen molar-refractivity contribution in [2.24, 2.45) is 0 Å². The van der Waals surface area contributed by atoms with Gasteiger partial charge in [-0.3, -0.25) is 4.98 Å². The maximum atomic E-state index is 9.58. The number of piperidine rings is 1. The van der Waals surface area contributed by atoms with Crippen LogP contribution in [0.1, 0.15) is 18.4 Å². The largest absolute Gasteiger partial charge is 0.493 e. The molecule has 0 aliphatic carbocycles. The molecule has 0 atom stereocenters. The van der Waals surface area contributed by atoms with Gasteiger partial charge in [-0.05, 0) is 35.9 Å². The van der Waals surface area contributed by atoms with E-state index in [0.717, 1.165) is 37.0 Å². The highest BCUT2D eigenvalue weighted by molar-refractivity contribution is 6.31. The minimum atomic E-state index is -0.185. The van der Waals surface area contributed by atoms with E-state index in [9.17, 15) is 5.11 Å². The monoisotopic (exact) mass is 490 g/mol. The first-order valence-electron chi connectivity index (χ1n) is 11.2. The van der Waals surface area contributed by atoms with Crippen LogP contribution in [0.15, 0.2) is 61.5 Å². The SMILES string of the molecule is [C-]#[N+]c1cnc2cc(OC)c(OC3CCN(C(=C)C=C)CC3)cc2c1Nc1ccc(Cl)c(CO)c1. The number of pyridine rings is 1. The predicted molar refractivity (Wildman–Crippen MR) is 140 cm³/mol. The second kappa shape index (κ2) is 10.7. The number of hydrogen-bond acceptors (Lipinski definition) is 6. The maximum absolute atomic E-state index is 9.58. The number of allylic oxidation sites excluding steroid dienone is 1. The summed E-state index contributed by atoms with van der Waals surface area (Å²) in [4.78, 5) is 10.3. The van der Waals surface area contributed by atoms with Crippen LogP contribution < -0.4 is 14.8 Å². The van der Waals surface area contributed by atoms with Gasteiger partial charge in [0.15, 0.2) is 11.5 Å². The van der Waals surface area contributed by atoms with Crippen molar-refractivity contribution in [3.05, 3.63) is 83.5 Å². The number of rotatable bonds is 8. The highest BCUT2D eigenvalue weighted by atomic mass is 35.5. The molecule has 35 heavy (non-hydrogen) atoms. The van der Waals surface area contributed by atoms with Gasteiger partial charge in [0, 0.05) is 60.0 Å². The molecule has 2 aromatic carbocycles. The summed E-state index contributed by atoms with van der Waals surface area (Å²) in [7, 11) is 1.60. The van der Waals surface area contributed by atoms with Gasteiger partial charge in [-0.15, -0.1) is 0 Å². The van der Waals surface area contributed by atoms with Crippen molar-refractivity contribution in [3.63, 3.8) is 0 Å². The molecule has 4 rings (SSSR count). The first-order chi connectivity index (χ1) is 17.0. The summed E-state index contributed by atoms with van der Waals surface area (Å²) in [5, 5.41) is 14.1. The number of hydrogen-bond donors (Lipinski definition) is 2. The van der Waals surface area contributed by atoms with Crippen LogP contribution in [0.5, 0.6) is 11.5 Å². The van der Waals surface area contributed by atoms with Crippen LogP contribution in [-0.2, 0) is 6.61 Å². The smallest absolute Gasteiger partial charge is 0.228 e. The fourth-order valence-electron chi connectivity index (χ4n) is 4.14. The molecule has 1 aromatic heterocycles. The Hall–Kier alpha value is -3.73. The number of nitrogens with zero attached hydrogens (tertiary/aromatic N) is 3. The van der Waals surface area contributed by atoms with E-state index in [1.165, 1.54) is 6.20 Å². The molecule has 2 heterocycles. The Labute approximate surface area is 210 Å². The minimum Gasteiger partial charge on any atom is -0.493 e. The topological polar surface area (TPSA) is 71.2 Å². The van der Waals surface area contributed by atoms with Gasteiger partial charge in [-0.25, -0.2) is 4.85 Å².